The number of nitrogens with zero attached hydrogens (tertiary/aromatic N) is 5. The van der Waals surface area contributed by atoms with Crippen LogP contribution < -0.4 is 0 Å². The van der Waals surface area contributed by atoms with Crippen LogP contribution in [0.2, 0.25) is 0 Å². The maximum atomic E-state index is 12.7. The van der Waals surface area contributed by atoms with Gasteiger partial charge in [0, 0.05) is 19.7 Å². The van der Waals surface area contributed by atoms with Crippen molar-refractivity contribution in [2.24, 2.45) is 0 Å². The lowest BCUT2D eigenvalue weighted by Crippen LogP contribution is -2.42. The minimum Gasteiger partial charge on any atom is -0.366 e. The molecule has 0 bridgehead atoms. The van der Waals surface area contributed by atoms with Gasteiger partial charge in [-0.2, -0.15) is 10.1 Å². The first-order chi connectivity index (χ1) is 11.4. The minimum absolute atomic E-state index is 0.261. The third-order valence-electron chi connectivity index (χ3n) is 3.69. The van der Waals surface area contributed by atoms with Gasteiger partial charge in [0.15, 0.2) is 0 Å². The van der Waals surface area contributed by atoms with Crippen molar-refractivity contribution in [1.82, 2.24) is 24.8 Å². The molecule has 2 aromatic heterocycles. The number of morpholine rings is 1. The Kier molecular flexibility index (Phi) is 4.56. The lowest BCUT2D eigenvalue weighted by Gasteiger charge is -2.31. The van der Waals surface area contributed by atoms with Crippen molar-refractivity contribution < 1.29 is 22.8 Å². The van der Waals surface area contributed by atoms with Gasteiger partial charge in [-0.05, 0) is 6.92 Å². The molecule has 3 heterocycles. The summed E-state index contributed by atoms with van der Waals surface area (Å²) in [6, 6.07) is 0. The lowest BCUT2D eigenvalue weighted by atomic mass is 10.2. The zero-order chi connectivity index (χ0) is 17.3. The highest BCUT2D eigenvalue weighted by atomic mass is 19.3. The topological polar surface area (TPSA) is 86.3 Å². The zero-order valence-electron chi connectivity index (χ0n) is 13.3. The summed E-state index contributed by atoms with van der Waals surface area (Å²) in [5.41, 5.74) is 0.722. The van der Waals surface area contributed by atoms with Crippen molar-refractivity contribution in [3.05, 3.63) is 29.2 Å². The Morgan fingerprint density at radius 1 is 1.46 bits per heavy atom. The van der Waals surface area contributed by atoms with Crippen molar-refractivity contribution >= 4 is 5.91 Å². The monoisotopic (exact) mass is 341 g/mol. The zero-order valence-corrected chi connectivity index (χ0v) is 13.3. The van der Waals surface area contributed by atoms with Crippen molar-refractivity contribution in [1.29, 1.82) is 0 Å². The molecule has 0 saturated carbocycles. The maximum absolute atomic E-state index is 12.7. The van der Waals surface area contributed by atoms with E-state index < -0.39 is 19.1 Å². The number of halogens is 2. The fourth-order valence-electron chi connectivity index (χ4n) is 2.57. The molecule has 1 fully saturated rings. The van der Waals surface area contributed by atoms with E-state index in [0.29, 0.717) is 36.1 Å². The van der Waals surface area contributed by atoms with Crippen molar-refractivity contribution in [3.8, 4) is 0 Å². The first kappa shape index (κ1) is 16.5. The molecule has 3 rings (SSSR count). The maximum Gasteiger partial charge on any atom is 0.257 e. The summed E-state index contributed by atoms with van der Waals surface area (Å²) in [7, 11) is 0. The molecule has 0 spiro atoms. The highest BCUT2D eigenvalue weighted by molar-refractivity contribution is 5.95. The Morgan fingerprint density at radius 3 is 2.92 bits per heavy atom. The van der Waals surface area contributed by atoms with Crippen LogP contribution in [-0.4, -0.2) is 56.9 Å². The second-order valence-corrected chi connectivity index (χ2v) is 5.52. The number of hydrogen-bond donors (Lipinski definition) is 0. The second-order valence-electron chi connectivity index (χ2n) is 5.52. The summed E-state index contributed by atoms with van der Waals surface area (Å²) in [6.45, 7) is 3.73. The minimum atomic E-state index is -2.53. The van der Waals surface area contributed by atoms with Gasteiger partial charge in [-0.15, -0.1) is 0 Å². The Morgan fingerprint density at radius 2 is 2.25 bits per heavy atom. The quantitative estimate of drug-likeness (QED) is 0.835. The molecule has 2 aromatic rings. The van der Waals surface area contributed by atoms with Gasteiger partial charge < -0.3 is 14.2 Å². The molecule has 1 saturated heterocycles. The van der Waals surface area contributed by atoms with Gasteiger partial charge in [0.1, 0.15) is 12.6 Å². The standard InChI is InChI=1S/C14H17F2N5O3/c1-8-10(5-21(18-8)7-12(15)16)14(22)20-3-4-23-11(6-20)13-17-9(2)24-19-13/h5,11-12H,3-4,6-7H2,1-2H3. The van der Waals surface area contributed by atoms with Crippen LogP contribution in [0.15, 0.2) is 10.7 Å². The third kappa shape index (κ3) is 3.42. The Balaban J connectivity index is 1.73. The van der Waals surface area contributed by atoms with Gasteiger partial charge >= 0.3 is 0 Å². The first-order valence-corrected chi connectivity index (χ1v) is 7.47. The van der Waals surface area contributed by atoms with Crippen LogP contribution >= 0.6 is 0 Å². The van der Waals surface area contributed by atoms with Gasteiger partial charge in [0.25, 0.3) is 12.3 Å². The summed E-state index contributed by atoms with van der Waals surface area (Å²) in [5.74, 6) is 0.526. The van der Waals surface area contributed by atoms with Crippen LogP contribution in [0, 0.1) is 13.8 Å². The van der Waals surface area contributed by atoms with Crippen molar-refractivity contribution in [3.63, 3.8) is 0 Å². The molecule has 0 aromatic carbocycles. The SMILES string of the molecule is Cc1nc(C2CN(C(=O)c3cn(CC(F)F)nc3C)CCO2)no1. The van der Waals surface area contributed by atoms with Gasteiger partial charge in [-0.3, -0.25) is 9.48 Å². The van der Waals surface area contributed by atoms with E-state index >= 15 is 0 Å². The number of alkyl halides is 2. The molecule has 1 unspecified atom stereocenters. The van der Waals surface area contributed by atoms with Crippen molar-refractivity contribution in [2.45, 2.75) is 32.9 Å². The predicted molar refractivity (Wildman–Crippen MR) is 76.6 cm³/mol. The molecule has 8 nitrogen and oxygen atoms in total. The van der Waals surface area contributed by atoms with E-state index in [1.807, 2.05) is 0 Å². The van der Waals surface area contributed by atoms with Crippen LogP contribution in [0.4, 0.5) is 8.78 Å². The number of aromatic nitrogens is 4. The van der Waals surface area contributed by atoms with E-state index in [1.54, 1.807) is 18.7 Å². The molecular weight excluding hydrogens is 324 g/mol. The lowest BCUT2D eigenvalue weighted by molar-refractivity contribution is -0.0276. The number of hydrogen-bond acceptors (Lipinski definition) is 6. The summed E-state index contributed by atoms with van der Waals surface area (Å²) in [6.07, 6.45) is -1.65. The summed E-state index contributed by atoms with van der Waals surface area (Å²) in [4.78, 5) is 18.4. The number of carbonyl (C=O) groups excluding carboxylic acids is 1. The fraction of sp³-hybridized carbons (Fsp3) is 0.571. The van der Waals surface area contributed by atoms with Gasteiger partial charge in [0.2, 0.25) is 11.7 Å². The highest BCUT2D eigenvalue weighted by Gasteiger charge is 2.30. The Bertz CT molecular complexity index is 730. The molecule has 130 valence electrons. The van der Waals surface area contributed by atoms with Crippen LogP contribution in [-0.2, 0) is 11.3 Å². The van der Waals surface area contributed by atoms with Crippen molar-refractivity contribution in [2.75, 3.05) is 19.7 Å². The molecule has 0 radical (unpaired) electrons. The summed E-state index contributed by atoms with van der Waals surface area (Å²) >= 11 is 0. The number of ether oxygens (including phenoxy) is 1. The molecule has 1 aliphatic heterocycles. The average Bonchev–Trinajstić information content (AvgIpc) is 3.12. The van der Waals surface area contributed by atoms with Gasteiger partial charge in [0.05, 0.1) is 24.4 Å². The molecule has 1 atom stereocenters. The number of rotatable bonds is 4. The third-order valence-corrected chi connectivity index (χ3v) is 3.69. The molecule has 24 heavy (non-hydrogen) atoms. The molecule has 0 N–H and O–H groups in total. The van der Waals surface area contributed by atoms with Gasteiger partial charge in [-0.1, -0.05) is 5.16 Å². The second kappa shape index (κ2) is 6.63. The first-order valence-electron chi connectivity index (χ1n) is 7.47. The highest BCUT2D eigenvalue weighted by Crippen LogP contribution is 2.22. The largest absolute Gasteiger partial charge is 0.366 e. The van der Waals surface area contributed by atoms with Crippen LogP contribution in [0.3, 0.4) is 0 Å². The average molecular weight is 341 g/mol. The van der Waals surface area contributed by atoms with E-state index in [0.717, 1.165) is 4.68 Å². The summed E-state index contributed by atoms with van der Waals surface area (Å²) < 4.78 is 36.5. The summed E-state index contributed by atoms with van der Waals surface area (Å²) in [5, 5.41) is 7.78. The van der Waals surface area contributed by atoms with E-state index in [1.165, 1.54) is 6.20 Å². The number of aryl methyl sites for hydroxylation is 2. The number of carbonyl (C=O) groups is 1. The number of amides is 1. The smallest absolute Gasteiger partial charge is 0.257 e. The fourth-order valence-corrected chi connectivity index (χ4v) is 2.57. The Labute approximate surface area is 136 Å². The van der Waals surface area contributed by atoms with Crippen LogP contribution in [0.25, 0.3) is 0 Å². The van der Waals surface area contributed by atoms with E-state index in [-0.39, 0.29) is 12.5 Å². The molecule has 10 heteroatoms. The normalized spacial score (nSPS) is 18.4. The molecule has 1 amide bonds. The Hall–Kier alpha value is -2.36. The van der Waals surface area contributed by atoms with E-state index in [2.05, 4.69) is 15.2 Å². The molecule has 1 aliphatic rings. The molecule has 0 aliphatic carbocycles. The van der Waals surface area contributed by atoms with Crippen LogP contribution in [0.5, 0.6) is 0 Å². The van der Waals surface area contributed by atoms with Crippen LogP contribution in [0.1, 0.15) is 33.9 Å². The van der Waals surface area contributed by atoms with E-state index in [9.17, 15) is 13.6 Å². The molecular formula is C14H17F2N5O3. The van der Waals surface area contributed by atoms with E-state index in [4.69, 9.17) is 9.26 Å². The van der Waals surface area contributed by atoms with Gasteiger partial charge in [-0.25, -0.2) is 8.78 Å². The predicted octanol–water partition coefficient (Wildman–Crippen LogP) is 1.36.